The molecule has 117 heavy (non-hydrogen) atoms. The molecule has 27 heteroatoms. The molecule has 624 valence electrons. The molecule has 3 saturated heterocycles. The molecule has 6 atom stereocenters. The second kappa shape index (κ2) is 35.5. The number of imidazole rings is 3. The van der Waals surface area contributed by atoms with Gasteiger partial charge in [0.1, 0.15) is 33.6 Å². The summed E-state index contributed by atoms with van der Waals surface area (Å²) in [6.07, 6.45) is 20.7. The Labute approximate surface area is 704 Å². The second-order valence-electron chi connectivity index (χ2n) is 33.4. The number of ether oxygens (including phenoxy) is 3. The normalized spacial score (nSPS) is 19.1. The van der Waals surface area contributed by atoms with E-state index in [0.29, 0.717) is 111 Å². The number of halogens is 3. The highest BCUT2D eigenvalue weighted by Crippen LogP contribution is 2.51. The molecule has 3 amide bonds. The number of nitrogens with zero attached hydrogens (tertiary/aromatic N) is 15. The van der Waals surface area contributed by atoms with Crippen molar-refractivity contribution >= 4 is 88.0 Å². The molecular formula is C90H114Cl3N15O9. The fourth-order valence-electron chi connectivity index (χ4n) is 16.2. The molecule has 3 fully saturated rings. The Morgan fingerprint density at radius 2 is 0.615 bits per heavy atom. The first-order valence-electron chi connectivity index (χ1n) is 38.5. The number of carbonyl (C=O) groups excluding carboxylic acids is 3. The highest BCUT2D eigenvalue weighted by Gasteiger charge is 2.45. The van der Waals surface area contributed by atoms with E-state index in [2.05, 4.69) is 29.7 Å². The van der Waals surface area contributed by atoms with Gasteiger partial charge in [0, 0.05) is 133 Å². The van der Waals surface area contributed by atoms with Gasteiger partial charge in [-0.05, 0) is 223 Å². The topological polar surface area (TPSA) is 251 Å². The van der Waals surface area contributed by atoms with Crippen molar-refractivity contribution in [3.8, 4) is 0 Å². The fraction of sp³-hybridized carbons (Fsp3) is 0.433. The Morgan fingerprint density at radius 1 is 0.376 bits per heavy atom. The van der Waals surface area contributed by atoms with Crippen LogP contribution in [0.5, 0.6) is 0 Å². The minimum Gasteiger partial charge on any atom is -0.444 e. The number of amides is 3. The van der Waals surface area contributed by atoms with Gasteiger partial charge in [0.2, 0.25) is 0 Å². The molecule has 24 nitrogen and oxygen atoms in total. The summed E-state index contributed by atoms with van der Waals surface area (Å²) < 4.78 is 22.3. The fourth-order valence-corrected chi connectivity index (χ4v) is 16.7. The summed E-state index contributed by atoms with van der Waals surface area (Å²) in [5, 5.41) is 37.7. The monoisotopic (exact) mass is 1650 g/mol. The van der Waals surface area contributed by atoms with Gasteiger partial charge in [-0.3, -0.25) is 29.7 Å². The van der Waals surface area contributed by atoms with Gasteiger partial charge in [0.25, 0.3) is 0 Å². The lowest BCUT2D eigenvalue weighted by Gasteiger charge is -2.40. The van der Waals surface area contributed by atoms with Crippen molar-refractivity contribution in [2.45, 2.75) is 157 Å². The van der Waals surface area contributed by atoms with Crippen molar-refractivity contribution in [1.82, 2.24) is 73.0 Å². The SMILES string of the molecule is C.C.C.Cn1cncc1C(C)(O)C1=Cc2cccnc2[C@@H](N2CCN(C(=O)OC(C)(C)C)CC2)c2ccc(Cl)cc21.Cn1cncc1[C@@](C)(O)C1=Cc2cccnc2[C@@H](N2CCN(C(=O)OC(C)(C)C)CC2)c2ccc(Cl)cc21.Cn1cncc1[C@](C)(O)C1=Cc2cccnc2[C@@H](N2CCN(C(=O)OC(C)(C)C)CC2)c2ccc(Cl)cc21. The molecule has 3 N–H and O–H groups in total. The van der Waals surface area contributed by atoms with E-state index in [-0.39, 0.29) is 58.7 Å². The predicted molar refractivity (Wildman–Crippen MR) is 463 cm³/mol. The summed E-state index contributed by atoms with van der Waals surface area (Å²) in [4.78, 5) is 77.6. The number of carbonyl (C=O) groups is 3. The Kier molecular flexibility index (Phi) is 27.3. The molecule has 0 radical (unpaired) electrons. The van der Waals surface area contributed by atoms with Gasteiger partial charge in [0.15, 0.2) is 0 Å². The molecule has 0 bridgehead atoms. The van der Waals surface area contributed by atoms with Crippen molar-refractivity contribution in [2.24, 2.45) is 21.1 Å². The Bertz CT molecular complexity index is 4650. The molecule has 9 heterocycles. The van der Waals surface area contributed by atoms with E-state index in [1.54, 1.807) is 91.6 Å². The van der Waals surface area contributed by atoms with Crippen molar-refractivity contribution in [1.29, 1.82) is 0 Å². The van der Waals surface area contributed by atoms with E-state index < -0.39 is 33.6 Å². The molecule has 15 rings (SSSR count). The summed E-state index contributed by atoms with van der Waals surface area (Å²) in [5.41, 5.74) is 9.63. The van der Waals surface area contributed by atoms with E-state index in [9.17, 15) is 29.7 Å². The molecule has 1 unspecified atom stereocenters. The second-order valence-corrected chi connectivity index (χ2v) is 34.7. The largest absolute Gasteiger partial charge is 0.444 e. The minimum absolute atomic E-state index is 0. The minimum atomic E-state index is -1.35. The maximum absolute atomic E-state index is 12.7. The highest BCUT2D eigenvalue weighted by molar-refractivity contribution is 6.31. The van der Waals surface area contributed by atoms with E-state index >= 15 is 0 Å². The summed E-state index contributed by atoms with van der Waals surface area (Å²) >= 11 is 19.6. The molecule has 3 aromatic carbocycles. The number of hydrogen-bond donors (Lipinski definition) is 3. The maximum atomic E-state index is 12.7. The molecule has 3 aliphatic carbocycles. The van der Waals surface area contributed by atoms with Crippen LogP contribution in [0.15, 0.2) is 147 Å². The first-order valence-corrected chi connectivity index (χ1v) is 39.6. The smallest absolute Gasteiger partial charge is 0.410 e. The van der Waals surface area contributed by atoms with Crippen LogP contribution in [0.2, 0.25) is 15.1 Å². The molecule has 6 aromatic heterocycles. The molecule has 3 aliphatic heterocycles. The zero-order valence-corrected chi connectivity index (χ0v) is 69.7. The Hall–Kier alpha value is -9.60. The highest BCUT2D eigenvalue weighted by atomic mass is 35.5. The van der Waals surface area contributed by atoms with Gasteiger partial charge in [-0.15, -0.1) is 0 Å². The standard InChI is InChI=1S/3C29H34ClN5O3.3CH4/c3*1-28(2,3)38-27(36)35-13-11-34(12-14-35)26-21-9-8-20(30)16-22(21)23(15-19-7-6-10-32-25(19)26)29(4,37)24-17-31-18-33(24)5;;;/h3*6-10,15-18,26,37H,11-14H2,1-5H3;3*1H4/t26-,29?;26-,29+;26-,29-;;;/m000.../s1. The van der Waals surface area contributed by atoms with Gasteiger partial charge in [0.05, 0.1) is 89.9 Å². The van der Waals surface area contributed by atoms with E-state index in [0.717, 1.165) is 83.9 Å². The molecule has 6 aliphatic rings. The van der Waals surface area contributed by atoms with Crippen LogP contribution in [0.25, 0.3) is 34.9 Å². The third-order valence-electron chi connectivity index (χ3n) is 21.6. The van der Waals surface area contributed by atoms with Crippen LogP contribution < -0.4 is 0 Å². The lowest BCUT2D eigenvalue weighted by Crippen LogP contribution is -2.51. The zero-order chi connectivity index (χ0) is 81.7. The maximum Gasteiger partial charge on any atom is 0.410 e. The van der Waals surface area contributed by atoms with Crippen molar-refractivity contribution in [3.63, 3.8) is 0 Å². The molecular weight excluding hydrogens is 1540 g/mol. The van der Waals surface area contributed by atoms with Gasteiger partial charge < -0.3 is 57.9 Å². The lowest BCUT2D eigenvalue weighted by atomic mass is 9.84. The van der Waals surface area contributed by atoms with Gasteiger partial charge >= 0.3 is 18.3 Å². The molecule has 0 spiro atoms. The number of aromatic nitrogens is 9. The Morgan fingerprint density at radius 3 is 0.829 bits per heavy atom. The molecule has 9 aromatic rings. The van der Waals surface area contributed by atoms with Crippen LogP contribution >= 0.6 is 34.8 Å². The number of pyridine rings is 3. The van der Waals surface area contributed by atoms with Crippen molar-refractivity contribution < 1.29 is 43.9 Å². The van der Waals surface area contributed by atoms with Crippen molar-refractivity contribution in [3.05, 3.63) is 246 Å². The van der Waals surface area contributed by atoms with E-state index in [1.807, 2.05) is 206 Å². The summed E-state index contributed by atoms with van der Waals surface area (Å²) in [6.45, 7) is 29.4. The average Bonchev–Trinajstić information content (AvgIpc) is 1.64. The first kappa shape index (κ1) is 89.7. The number of aryl methyl sites for hydroxylation is 3. The number of fused-ring (bicyclic) bond motifs is 6. The number of piperazine rings is 3. The first-order chi connectivity index (χ1) is 53.9. The van der Waals surface area contributed by atoms with E-state index in [1.165, 1.54) is 0 Å². The van der Waals surface area contributed by atoms with E-state index in [4.69, 9.17) is 64.0 Å². The third-order valence-corrected chi connectivity index (χ3v) is 22.3. The number of aliphatic hydroxyl groups is 3. The van der Waals surface area contributed by atoms with Crippen LogP contribution in [0.3, 0.4) is 0 Å². The Balaban J connectivity index is 0.000000183. The molecule has 0 saturated carbocycles. The zero-order valence-electron chi connectivity index (χ0n) is 67.4. The van der Waals surface area contributed by atoms with Crippen LogP contribution in [0.4, 0.5) is 14.4 Å². The summed E-state index contributed by atoms with van der Waals surface area (Å²) in [6, 6.07) is 28.7. The van der Waals surface area contributed by atoms with Crippen LogP contribution in [0.1, 0.15) is 208 Å². The third kappa shape index (κ3) is 19.3. The number of benzene rings is 3. The van der Waals surface area contributed by atoms with Crippen LogP contribution in [-0.2, 0) is 52.2 Å². The number of rotatable bonds is 9. The van der Waals surface area contributed by atoms with Crippen LogP contribution in [-0.4, -0.2) is 202 Å². The quantitative estimate of drug-likeness (QED) is 0.114. The lowest BCUT2D eigenvalue weighted by molar-refractivity contribution is 0.0108. The van der Waals surface area contributed by atoms with Gasteiger partial charge in [-0.2, -0.15) is 0 Å². The summed E-state index contributed by atoms with van der Waals surface area (Å²) in [5.74, 6) is 0. The van der Waals surface area contributed by atoms with Gasteiger partial charge in [-0.25, -0.2) is 29.3 Å². The summed E-state index contributed by atoms with van der Waals surface area (Å²) in [7, 11) is 5.61. The van der Waals surface area contributed by atoms with Gasteiger partial charge in [-0.1, -0.05) is 93.5 Å². The van der Waals surface area contributed by atoms with Crippen molar-refractivity contribution in [2.75, 3.05) is 78.5 Å². The number of hydrogen-bond acceptors (Lipinski definition) is 18. The predicted octanol–water partition coefficient (Wildman–Crippen LogP) is 16.5. The van der Waals surface area contributed by atoms with Crippen LogP contribution in [0, 0.1) is 0 Å². The average molecular weight is 1660 g/mol.